The summed E-state index contributed by atoms with van der Waals surface area (Å²) in [5.41, 5.74) is 1.52. The van der Waals surface area contributed by atoms with Crippen molar-refractivity contribution in [3.05, 3.63) is 35.9 Å². The fraction of sp³-hybridized carbons (Fsp3) is 0.278. The van der Waals surface area contributed by atoms with Crippen LogP contribution in [0.1, 0.15) is 5.56 Å². The molecular formula is C18H21NO5. The summed E-state index contributed by atoms with van der Waals surface area (Å²) >= 11 is 0. The lowest BCUT2D eigenvalue weighted by molar-refractivity contribution is 0.324. The maximum Gasteiger partial charge on any atom is 0.203 e. The summed E-state index contributed by atoms with van der Waals surface area (Å²) in [5, 5.41) is 0. The van der Waals surface area contributed by atoms with Crippen molar-refractivity contribution in [3.63, 3.8) is 0 Å². The van der Waals surface area contributed by atoms with Crippen LogP contribution in [0, 0.1) is 0 Å². The number of rotatable bonds is 7. The highest BCUT2D eigenvalue weighted by Gasteiger charge is 2.12. The van der Waals surface area contributed by atoms with E-state index in [9.17, 15) is 0 Å². The monoisotopic (exact) mass is 331 g/mol. The highest BCUT2D eigenvalue weighted by atomic mass is 16.5. The first-order chi connectivity index (χ1) is 11.6. The molecule has 2 aromatic carbocycles. The molecule has 24 heavy (non-hydrogen) atoms. The predicted octanol–water partition coefficient (Wildman–Crippen LogP) is 3.48. The Hall–Kier alpha value is -2.89. The van der Waals surface area contributed by atoms with E-state index in [0.29, 0.717) is 34.4 Å². The summed E-state index contributed by atoms with van der Waals surface area (Å²) in [6.45, 7) is 0. The summed E-state index contributed by atoms with van der Waals surface area (Å²) in [6.07, 6.45) is 1.71. The maximum absolute atomic E-state index is 5.34. The third-order valence-corrected chi connectivity index (χ3v) is 3.39. The van der Waals surface area contributed by atoms with E-state index in [1.807, 2.05) is 24.3 Å². The molecule has 0 fully saturated rings. The number of ether oxygens (including phenoxy) is 5. The molecule has 0 unspecified atom stereocenters. The molecule has 0 bridgehead atoms. The van der Waals surface area contributed by atoms with Crippen molar-refractivity contribution < 1.29 is 23.7 Å². The zero-order valence-electron chi connectivity index (χ0n) is 14.5. The first-order valence-electron chi connectivity index (χ1n) is 7.22. The molecule has 0 amide bonds. The van der Waals surface area contributed by atoms with Crippen LogP contribution in [0.5, 0.6) is 28.7 Å². The normalized spacial score (nSPS) is 10.5. The smallest absolute Gasteiger partial charge is 0.203 e. The highest BCUT2D eigenvalue weighted by Crippen LogP contribution is 2.38. The second-order valence-corrected chi connectivity index (χ2v) is 4.79. The van der Waals surface area contributed by atoms with Gasteiger partial charge in [0, 0.05) is 30.0 Å². The van der Waals surface area contributed by atoms with Crippen LogP contribution in [0.3, 0.4) is 0 Å². The van der Waals surface area contributed by atoms with Gasteiger partial charge in [-0.15, -0.1) is 0 Å². The lowest BCUT2D eigenvalue weighted by atomic mass is 10.2. The van der Waals surface area contributed by atoms with Gasteiger partial charge in [-0.1, -0.05) is 0 Å². The average molecular weight is 331 g/mol. The van der Waals surface area contributed by atoms with Crippen molar-refractivity contribution >= 4 is 11.9 Å². The summed E-state index contributed by atoms with van der Waals surface area (Å²) in [7, 11) is 7.91. The molecule has 128 valence electrons. The second kappa shape index (κ2) is 8.10. The van der Waals surface area contributed by atoms with Crippen LogP contribution in [-0.4, -0.2) is 41.8 Å². The Balaban J connectivity index is 2.38. The number of aliphatic imine (C=N–C) groups is 1. The van der Waals surface area contributed by atoms with E-state index < -0.39 is 0 Å². The average Bonchev–Trinajstić information content (AvgIpc) is 2.64. The van der Waals surface area contributed by atoms with Crippen molar-refractivity contribution in [2.45, 2.75) is 0 Å². The van der Waals surface area contributed by atoms with Gasteiger partial charge >= 0.3 is 0 Å². The highest BCUT2D eigenvalue weighted by molar-refractivity contribution is 5.84. The van der Waals surface area contributed by atoms with Gasteiger partial charge < -0.3 is 23.7 Å². The van der Waals surface area contributed by atoms with Gasteiger partial charge in [-0.25, -0.2) is 0 Å². The summed E-state index contributed by atoms with van der Waals surface area (Å²) in [5.74, 6) is 3.03. The zero-order valence-corrected chi connectivity index (χ0v) is 14.5. The Bertz CT molecular complexity index is 680. The molecule has 0 aliphatic carbocycles. The molecule has 2 rings (SSSR count). The molecule has 0 aliphatic heterocycles. The SMILES string of the molecule is COc1cc(N=Cc2cc(OC)c(OC)c(OC)c2)cc(OC)c1. The number of hydrogen-bond donors (Lipinski definition) is 0. The van der Waals surface area contributed by atoms with Gasteiger partial charge in [-0.3, -0.25) is 4.99 Å². The van der Waals surface area contributed by atoms with Gasteiger partial charge in [-0.2, -0.15) is 0 Å². The number of nitrogens with zero attached hydrogens (tertiary/aromatic N) is 1. The van der Waals surface area contributed by atoms with Gasteiger partial charge in [0.15, 0.2) is 11.5 Å². The lowest BCUT2D eigenvalue weighted by Gasteiger charge is -2.12. The molecular weight excluding hydrogens is 310 g/mol. The molecule has 2 aromatic rings. The van der Waals surface area contributed by atoms with Crippen LogP contribution in [0.15, 0.2) is 35.3 Å². The van der Waals surface area contributed by atoms with Crippen LogP contribution >= 0.6 is 0 Å². The fourth-order valence-corrected chi connectivity index (χ4v) is 2.19. The molecule has 0 radical (unpaired) electrons. The van der Waals surface area contributed by atoms with E-state index in [2.05, 4.69) is 4.99 Å². The van der Waals surface area contributed by atoms with Gasteiger partial charge in [0.1, 0.15) is 11.5 Å². The van der Waals surface area contributed by atoms with Crippen LogP contribution in [-0.2, 0) is 0 Å². The Labute approximate surface area is 141 Å². The first kappa shape index (κ1) is 17.5. The summed E-state index contributed by atoms with van der Waals surface area (Å²) in [6, 6.07) is 9.07. The van der Waals surface area contributed by atoms with Crippen LogP contribution in [0.2, 0.25) is 0 Å². The topological polar surface area (TPSA) is 58.5 Å². The van der Waals surface area contributed by atoms with Gasteiger partial charge in [0.05, 0.1) is 41.2 Å². The largest absolute Gasteiger partial charge is 0.497 e. The molecule has 0 aromatic heterocycles. The summed E-state index contributed by atoms with van der Waals surface area (Å²) < 4.78 is 26.5. The molecule has 0 saturated carbocycles. The standard InChI is InChI=1S/C18H21NO5/c1-20-14-8-13(9-15(10-14)21-2)19-11-12-6-16(22-3)18(24-5)17(7-12)23-4/h6-11H,1-5H3. The molecule has 0 spiro atoms. The summed E-state index contributed by atoms with van der Waals surface area (Å²) in [4.78, 5) is 4.46. The minimum atomic E-state index is 0.542. The molecule has 0 N–H and O–H groups in total. The zero-order chi connectivity index (χ0) is 17.5. The van der Waals surface area contributed by atoms with E-state index in [1.54, 1.807) is 47.8 Å². The molecule has 0 saturated heterocycles. The van der Waals surface area contributed by atoms with E-state index in [4.69, 9.17) is 23.7 Å². The number of hydrogen-bond acceptors (Lipinski definition) is 6. The fourth-order valence-electron chi connectivity index (χ4n) is 2.19. The third-order valence-electron chi connectivity index (χ3n) is 3.39. The van der Waals surface area contributed by atoms with Crippen LogP contribution in [0.4, 0.5) is 5.69 Å². The van der Waals surface area contributed by atoms with Gasteiger partial charge in [-0.05, 0) is 12.1 Å². The van der Waals surface area contributed by atoms with Gasteiger partial charge in [0.2, 0.25) is 5.75 Å². The molecule has 6 heteroatoms. The van der Waals surface area contributed by atoms with Crippen LogP contribution < -0.4 is 23.7 Å². The molecule has 0 atom stereocenters. The van der Waals surface area contributed by atoms with Crippen molar-refractivity contribution in [3.8, 4) is 28.7 Å². The van der Waals surface area contributed by atoms with E-state index in [1.165, 1.54) is 0 Å². The first-order valence-corrected chi connectivity index (χ1v) is 7.22. The Kier molecular flexibility index (Phi) is 5.89. The lowest BCUT2D eigenvalue weighted by Crippen LogP contribution is -1.96. The third kappa shape index (κ3) is 3.90. The van der Waals surface area contributed by atoms with Gasteiger partial charge in [0.25, 0.3) is 0 Å². The molecule has 0 aliphatic rings. The number of methoxy groups -OCH3 is 5. The van der Waals surface area contributed by atoms with E-state index in [-0.39, 0.29) is 0 Å². The minimum absolute atomic E-state index is 0.542. The second-order valence-electron chi connectivity index (χ2n) is 4.79. The molecule has 0 heterocycles. The quantitative estimate of drug-likeness (QED) is 0.727. The minimum Gasteiger partial charge on any atom is -0.497 e. The predicted molar refractivity (Wildman–Crippen MR) is 92.9 cm³/mol. The van der Waals surface area contributed by atoms with E-state index in [0.717, 1.165) is 5.56 Å². The van der Waals surface area contributed by atoms with Crippen LogP contribution in [0.25, 0.3) is 0 Å². The van der Waals surface area contributed by atoms with Crippen molar-refractivity contribution in [1.29, 1.82) is 0 Å². The Morgan fingerprint density at radius 1 is 0.667 bits per heavy atom. The number of benzene rings is 2. The van der Waals surface area contributed by atoms with Crippen molar-refractivity contribution in [2.75, 3.05) is 35.5 Å². The van der Waals surface area contributed by atoms with Crippen molar-refractivity contribution in [1.82, 2.24) is 0 Å². The maximum atomic E-state index is 5.34. The Morgan fingerprint density at radius 2 is 1.21 bits per heavy atom. The van der Waals surface area contributed by atoms with Crippen molar-refractivity contribution in [2.24, 2.45) is 4.99 Å². The van der Waals surface area contributed by atoms with E-state index >= 15 is 0 Å². The Morgan fingerprint density at radius 3 is 1.62 bits per heavy atom. The molecule has 6 nitrogen and oxygen atoms in total.